The minimum atomic E-state index is -4.56. The lowest BCUT2D eigenvalue weighted by molar-refractivity contribution is -0.138. The van der Waals surface area contributed by atoms with E-state index in [0.717, 1.165) is 0 Å². The minimum absolute atomic E-state index is 0.131. The first-order chi connectivity index (χ1) is 8.34. The fourth-order valence-corrected chi connectivity index (χ4v) is 2.42. The van der Waals surface area contributed by atoms with E-state index in [2.05, 4.69) is 4.98 Å². The van der Waals surface area contributed by atoms with Crippen LogP contribution in [-0.2, 0) is 19.1 Å². The Balaban J connectivity index is 2.79. The van der Waals surface area contributed by atoms with E-state index >= 15 is 0 Å². The lowest BCUT2D eigenvalue weighted by atomic mass is 9.96. The maximum atomic E-state index is 13.1. The number of pyridine rings is 1. The third-order valence-corrected chi connectivity index (χ3v) is 3.28. The number of hydrogen-bond acceptors (Lipinski definition) is 3. The van der Waals surface area contributed by atoms with E-state index in [0.29, 0.717) is 18.7 Å². The summed E-state index contributed by atoms with van der Waals surface area (Å²) in [5.41, 5.74) is -0.729. The van der Waals surface area contributed by atoms with Crippen LogP contribution in [0.15, 0.2) is 0 Å². The van der Waals surface area contributed by atoms with E-state index in [1.165, 1.54) is 0 Å². The van der Waals surface area contributed by atoms with E-state index in [4.69, 9.17) is 17.5 Å². The summed E-state index contributed by atoms with van der Waals surface area (Å²) in [7, 11) is 1.75. The molecule has 2 heterocycles. The molecule has 1 aliphatic rings. The van der Waals surface area contributed by atoms with Gasteiger partial charge in [-0.2, -0.15) is 18.4 Å². The van der Waals surface area contributed by atoms with Crippen LogP contribution in [0.3, 0.4) is 0 Å². The summed E-state index contributed by atoms with van der Waals surface area (Å²) in [6, 6.07) is 1.56. The van der Waals surface area contributed by atoms with E-state index in [1.54, 1.807) is 18.0 Å². The number of H-pyrrole nitrogens is 1. The summed E-state index contributed by atoms with van der Waals surface area (Å²) < 4.78 is 39.2. The van der Waals surface area contributed by atoms with Crippen molar-refractivity contribution in [3.8, 4) is 6.07 Å². The van der Waals surface area contributed by atoms with Crippen molar-refractivity contribution < 1.29 is 13.2 Å². The predicted octanol–water partition coefficient (Wildman–Crippen LogP) is 2.62. The lowest BCUT2D eigenvalue weighted by Crippen LogP contribution is -2.30. The number of nitrogens with zero attached hydrogens (tertiary/aromatic N) is 2. The van der Waals surface area contributed by atoms with Crippen LogP contribution in [0.2, 0.25) is 0 Å². The number of hydrogen-bond donors (Lipinski definition) is 1. The number of nitriles is 1. The van der Waals surface area contributed by atoms with Crippen LogP contribution in [0.4, 0.5) is 13.2 Å². The van der Waals surface area contributed by atoms with Crippen molar-refractivity contribution >= 4 is 12.2 Å². The first kappa shape index (κ1) is 13.1. The van der Waals surface area contributed by atoms with Crippen LogP contribution in [-0.4, -0.2) is 23.5 Å². The van der Waals surface area contributed by atoms with E-state index in [1.807, 2.05) is 0 Å². The Morgan fingerprint density at radius 3 is 2.67 bits per heavy atom. The Hall–Kier alpha value is -1.39. The third kappa shape index (κ3) is 2.13. The van der Waals surface area contributed by atoms with Gasteiger partial charge < -0.3 is 9.88 Å². The summed E-state index contributed by atoms with van der Waals surface area (Å²) in [5, 5.41) is 8.88. The highest BCUT2D eigenvalue weighted by Gasteiger charge is 2.39. The van der Waals surface area contributed by atoms with Crippen LogP contribution in [0, 0.1) is 16.0 Å². The van der Waals surface area contributed by atoms with E-state index < -0.39 is 17.3 Å². The molecule has 0 saturated carbocycles. The highest BCUT2D eigenvalue weighted by Crippen LogP contribution is 2.37. The van der Waals surface area contributed by atoms with Gasteiger partial charge in [0, 0.05) is 25.2 Å². The van der Waals surface area contributed by atoms with Gasteiger partial charge in [-0.15, -0.1) is 0 Å². The predicted molar refractivity (Wildman–Crippen MR) is 61.4 cm³/mol. The molecule has 1 N–H and O–H groups in total. The molecule has 0 spiro atoms. The summed E-state index contributed by atoms with van der Waals surface area (Å²) in [5.74, 6) is 0. The lowest BCUT2D eigenvalue weighted by Gasteiger charge is -2.28. The second kappa shape index (κ2) is 4.37. The number of fused-ring (bicyclic) bond motifs is 1. The summed E-state index contributed by atoms with van der Waals surface area (Å²) in [6.07, 6.45) is -4.08. The SMILES string of the molecule is CN1CCc2[nH]c(=S)c(C#N)c(C(F)(F)F)c2C1. The molecule has 3 nitrogen and oxygen atoms in total. The monoisotopic (exact) mass is 273 g/mol. The molecular formula is C11H10F3N3S. The number of aromatic amines is 1. The van der Waals surface area contributed by atoms with E-state index in [-0.39, 0.29) is 16.7 Å². The zero-order valence-corrected chi connectivity index (χ0v) is 10.4. The van der Waals surface area contributed by atoms with Gasteiger partial charge in [0.05, 0.1) is 11.1 Å². The van der Waals surface area contributed by atoms with Crippen LogP contribution in [0.1, 0.15) is 22.4 Å². The Kier molecular flexibility index (Phi) is 3.17. The third-order valence-electron chi connectivity index (χ3n) is 2.97. The molecule has 0 amide bonds. The minimum Gasteiger partial charge on any atom is -0.349 e. The van der Waals surface area contributed by atoms with Crippen molar-refractivity contribution in [3.63, 3.8) is 0 Å². The van der Waals surface area contributed by atoms with Crippen LogP contribution >= 0.6 is 12.2 Å². The quantitative estimate of drug-likeness (QED) is 0.739. The molecule has 7 heteroatoms. The van der Waals surface area contributed by atoms with Crippen molar-refractivity contribution in [3.05, 3.63) is 27.0 Å². The molecular weight excluding hydrogens is 263 g/mol. The van der Waals surface area contributed by atoms with Crippen molar-refractivity contribution in [2.45, 2.75) is 19.1 Å². The Morgan fingerprint density at radius 1 is 1.44 bits per heavy atom. The summed E-state index contributed by atoms with van der Waals surface area (Å²) in [4.78, 5) is 4.53. The highest BCUT2D eigenvalue weighted by atomic mass is 32.1. The van der Waals surface area contributed by atoms with E-state index in [9.17, 15) is 13.2 Å². The number of rotatable bonds is 0. The number of aromatic nitrogens is 1. The van der Waals surface area contributed by atoms with Gasteiger partial charge in [-0.1, -0.05) is 12.2 Å². The van der Waals surface area contributed by atoms with Crippen LogP contribution in [0.25, 0.3) is 0 Å². The van der Waals surface area contributed by atoms with Gasteiger partial charge in [-0.3, -0.25) is 0 Å². The van der Waals surface area contributed by atoms with Gasteiger partial charge in [0.15, 0.2) is 0 Å². The molecule has 0 aromatic carbocycles. The largest absolute Gasteiger partial charge is 0.418 e. The zero-order chi connectivity index (χ0) is 13.5. The van der Waals surface area contributed by atoms with Gasteiger partial charge >= 0.3 is 6.18 Å². The molecule has 2 rings (SSSR count). The molecule has 1 aromatic rings. The average molecular weight is 273 g/mol. The fourth-order valence-electron chi connectivity index (χ4n) is 2.15. The second-order valence-electron chi connectivity index (χ2n) is 4.26. The van der Waals surface area contributed by atoms with Crippen molar-refractivity contribution in [1.29, 1.82) is 5.26 Å². The van der Waals surface area contributed by atoms with Gasteiger partial charge in [0.2, 0.25) is 0 Å². The number of halogens is 3. The zero-order valence-electron chi connectivity index (χ0n) is 9.56. The van der Waals surface area contributed by atoms with Gasteiger partial charge in [0.25, 0.3) is 0 Å². The average Bonchev–Trinajstić information content (AvgIpc) is 2.26. The highest BCUT2D eigenvalue weighted by molar-refractivity contribution is 7.71. The Bertz CT molecular complexity index is 583. The fraction of sp³-hybridized carbons (Fsp3) is 0.455. The molecule has 96 valence electrons. The van der Waals surface area contributed by atoms with Gasteiger partial charge in [-0.25, -0.2) is 0 Å². The Morgan fingerprint density at radius 2 is 2.11 bits per heavy atom. The molecule has 0 bridgehead atoms. The summed E-state index contributed by atoms with van der Waals surface area (Å²) >= 11 is 4.83. The maximum Gasteiger partial charge on any atom is 0.418 e. The molecule has 0 radical (unpaired) electrons. The smallest absolute Gasteiger partial charge is 0.349 e. The van der Waals surface area contributed by atoms with Crippen LogP contribution < -0.4 is 0 Å². The van der Waals surface area contributed by atoms with Crippen molar-refractivity contribution in [1.82, 2.24) is 9.88 Å². The van der Waals surface area contributed by atoms with Gasteiger partial charge in [0.1, 0.15) is 10.7 Å². The van der Waals surface area contributed by atoms with Crippen molar-refractivity contribution in [2.75, 3.05) is 13.6 Å². The molecule has 1 aliphatic heterocycles. The topological polar surface area (TPSA) is 42.8 Å². The standard InChI is InChI=1S/C11H10F3N3S/c1-17-3-2-8-7(5-17)9(11(12,13)14)6(4-15)10(18)16-8/h2-3,5H2,1H3,(H,16,18). The number of nitrogens with one attached hydrogen (secondary N) is 1. The molecule has 1 aromatic heterocycles. The maximum absolute atomic E-state index is 13.1. The molecule has 18 heavy (non-hydrogen) atoms. The van der Waals surface area contributed by atoms with Gasteiger partial charge in [-0.05, 0) is 12.6 Å². The molecule has 0 fully saturated rings. The molecule has 0 atom stereocenters. The normalized spacial score (nSPS) is 16.2. The molecule has 0 unspecified atom stereocenters. The Labute approximate surface area is 107 Å². The first-order valence-corrected chi connectivity index (χ1v) is 5.69. The molecule has 0 aliphatic carbocycles. The molecule has 0 saturated heterocycles. The van der Waals surface area contributed by atoms with Crippen molar-refractivity contribution in [2.24, 2.45) is 0 Å². The summed E-state index contributed by atoms with van der Waals surface area (Å²) in [6.45, 7) is 0.840. The number of alkyl halides is 3. The number of likely N-dealkylation sites (N-methyl/N-ethyl adjacent to an activating group) is 1. The van der Waals surface area contributed by atoms with Crippen LogP contribution in [0.5, 0.6) is 0 Å². The first-order valence-electron chi connectivity index (χ1n) is 5.28. The second-order valence-corrected chi connectivity index (χ2v) is 4.67.